The predicted octanol–water partition coefficient (Wildman–Crippen LogP) is 2.34. The van der Waals surface area contributed by atoms with Crippen LogP contribution in [0.25, 0.3) is 22.9 Å². The molecule has 1 fully saturated rings. The van der Waals surface area contributed by atoms with Gasteiger partial charge in [-0.3, -0.25) is 4.98 Å². The molecule has 142 valence electrons. The van der Waals surface area contributed by atoms with Crippen molar-refractivity contribution in [3.63, 3.8) is 0 Å². The number of nitrogens with one attached hydrogen (secondary N) is 4. The first-order valence-electron chi connectivity index (χ1n) is 8.70. The third-order valence-electron chi connectivity index (χ3n) is 4.27. The number of phenolic OH excluding ortho intramolecular Hbond substituents is 1. The second kappa shape index (κ2) is 7.03. The van der Waals surface area contributed by atoms with E-state index in [1.165, 1.54) is 6.08 Å². The number of benzene rings is 1. The smallest absolute Gasteiger partial charge is 0.326 e. The number of imidazole rings is 1. The molecule has 2 heterocycles. The fourth-order valence-electron chi connectivity index (χ4n) is 2.69. The molecule has 9 nitrogen and oxygen atoms in total. The Morgan fingerprint density at radius 3 is 2.54 bits per heavy atom. The molecule has 0 bridgehead atoms. The number of hydrogen-bond acceptors (Lipinski definition) is 7. The number of rotatable bonds is 6. The van der Waals surface area contributed by atoms with Crippen LogP contribution in [-0.2, 0) is 0 Å². The van der Waals surface area contributed by atoms with Crippen LogP contribution < -0.4 is 11.0 Å². The summed E-state index contributed by atoms with van der Waals surface area (Å²) in [5, 5.41) is 30.4. The monoisotopic (exact) mass is 378 g/mol. The van der Waals surface area contributed by atoms with Gasteiger partial charge < -0.3 is 25.9 Å². The topological polar surface area (TPSA) is 151 Å². The minimum Gasteiger partial charge on any atom is -0.508 e. The van der Waals surface area contributed by atoms with Crippen LogP contribution in [0.2, 0.25) is 0 Å². The number of hydrogen-bond donors (Lipinski definition) is 6. The second-order valence-corrected chi connectivity index (χ2v) is 6.51. The fourth-order valence-corrected chi connectivity index (χ4v) is 2.69. The highest BCUT2D eigenvalue weighted by Crippen LogP contribution is 2.28. The number of aromatic amines is 2. The Morgan fingerprint density at radius 2 is 1.93 bits per heavy atom. The van der Waals surface area contributed by atoms with Gasteiger partial charge in [0.15, 0.2) is 5.82 Å². The summed E-state index contributed by atoms with van der Waals surface area (Å²) in [6.45, 7) is 0. The largest absolute Gasteiger partial charge is 0.508 e. The zero-order valence-corrected chi connectivity index (χ0v) is 14.7. The molecule has 0 aliphatic heterocycles. The van der Waals surface area contributed by atoms with Gasteiger partial charge in [-0.2, -0.15) is 0 Å². The summed E-state index contributed by atoms with van der Waals surface area (Å²) < 4.78 is 0. The first kappa shape index (κ1) is 17.5. The van der Waals surface area contributed by atoms with E-state index in [9.17, 15) is 15.0 Å². The van der Waals surface area contributed by atoms with Gasteiger partial charge in [0.2, 0.25) is 5.88 Å². The van der Waals surface area contributed by atoms with Crippen LogP contribution in [0.3, 0.4) is 0 Å². The summed E-state index contributed by atoms with van der Waals surface area (Å²) in [5.74, 6) is 0.719. The van der Waals surface area contributed by atoms with Crippen molar-refractivity contribution in [2.24, 2.45) is 0 Å². The quantitative estimate of drug-likeness (QED) is 0.362. The molecule has 1 aliphatic carbocycles. The SMILES string of the molecule is N=C/C(=C\c1[nH]c(=O)[nH]c1O)c1nc(NC2CC2)cc(-c2ccc(O)cc2)n1. The van der Waals surface area contributed by atoms with E-state index < -0.39 is 5.69 Å². The highest BCUT2D eigenvalue weighted by Gasteiger charge is 2.22. The average Bonchev–Trinajstić information content (AvgIpc) is 3.43. The lowest BCUT2D eigenvalue weighted by atomic mass is 10.1. The molecule has 4 rings (SSSR count). The Hall–Kier alpha value is -3.88. The van der Waals surface area contributed by atoms with Crippen molar-refractivity contribution in [3.8, 4) is 22.9 Å². The number of nitrogens with zero attached hydrogens (tertiary/aromatic N) is 2. The molecule has 6 N–H and O–H groups in total. The molecular formula is C19H18N6O3. The Kier molecular flexibility index (Phi) is 4.40. The Balaban J connectivity index is 1.80. The van der Waals surface area contributed by atoms with E-state index in [1.54, 1.807) is 24.3 Å². The highest BCUT2D eigenvalue weighted by atomic mass is 16.3. The number of anilines is 1. The van der Waals surface area contributed by atoms with Gasteiger partial charge in [-0.15, -0.1) is 0 Å². The molecule has 1 aliphatic rings. The third kappa shape index (κ3) is 3.78. The zero-order chi connectivity index (χ0) is 19.7. The lowest BCUT2D eigenvalue weighted by Crippen LogP contribution is -2.07. The van der Waals surface area contributed by atoms with Crippen LogP contribution in [0.15, 0.2) is 35.1 Å². The van der Waals surface area contributed by atoms with Gasteiger partial charge in [-0.1, -0.05) is 0 Å². The normalized spacial score (nSPS) is 14.1. The summed E-state index contributed by atoms with van der Waals surface area (Å²) in [6, 6.07) is 8.80. The van der Waals surface area contributed by atoms with E-state index in [-0.39, 0.29) is 23.1 Å². The average molecular weight is 378 g/mol. The van der Waals surface area contributed by atoms with Crippen LogP contribution in [0.1, 0.15) is 24.4 Å². The molecule has 1 saturated carbocycles. The van der Waals surface area contributed by atoms with Crippen molar-refractivity contribution in [1.29, 1.82) is 5.41 Å². The van der Waals surface area contributed by atoms with Crippen molar-refractivity contribution < 1.29 is 10.2 Å². The summed E-state index contributed by atoms with van der Waals surface area (Å²) in [4.78, 5) is 25.0. The molecule has 0 radical (unpaired) electrons. The van der Waals surface area contributed by atoms with Gasteiger partial charge in [0.25, 0.3) is 0 Å². The summed E-state index contributed by atoms with van der Waals surface area (Å²) in [5.41, 5.74) is 1.29. The second-order valence-electron chi connectivity index (χ2n) is 6.51. The maximum Gasteiger partial charge on any atom is 0.326 e. The summed E-state index contributed by atoms with van der Waals surface area (Å²) in [6.07, 6.45) is 4.62. The zero-order valence-electron chi connectivity index (χ0n) is 14.7. The van der Waals surface area contributed by atoms with Gasteiger partial charge in [-0.05, 0) is 43.2 Å². The summed E-state index contributed by atoms with van der Waals surface area (Å²) in [7, 11) is 0. The standard InChI is InChI=1S/C19H18N6O3/c20-9-11(7-15-18(27)25-19(28)23-15)17-22-14(10-1-5-13(26)6-2-10)8-16(24-17)21-12-3-4-12/h1-2,5-9,12,20,26-27H,3-4H2,(H,21,22,24)(H2,23,25,28)/b11-7+,20-9?. The molecule has 0 atom stereocenters. The Bertz CT molecular complexity index is 1110. The predicted molar refractivity (Wildman–Crippen MR) is 106 cm³/mol. The van der Waals surface area contributed by atoms with E-state index in [2.05, 4.69) is 25.3 Å². The van der Waals surface area contributed by atoms with Gasteiger partial charge in [0, 0.05) is 29.5 Å². The molecule has 1 aromatic carbocycles. The van der Waals surface area contributed by atoms with Crippen LogP contribution in [0.4, 0.5) is 5.82 Å². The lowest BCUT2D eigenvalue weighted by molar-refractivity contribution is 0.454. The van der Waals surface area contributed by atoms with Crippen LogP contribution in [0.5, 0.6) is 11.6 Å². The minimum absolute atomic E-state index is 0.138. The van der Waals surface area contributed by atoms with E-state index in [0.717, 1.165) is 24.6 Å². The van der Waals surface area contributed by atoms with Crippen LogP contribution in [0, 0.1) is 5.41 Å². The molecule has 0 amide bonds. The van der Waals surface area contributed by atoms with E-state index in [1.807, 2.05) is 6.07 Å². The number of aromatic nitrogens is 4. The van der Waals surface area contributed by atoms with Gasteiger partial charge >= 0.3 is 5.69 Å². The Morgan fingerprint density at radius 1 is 1.18 bits per heavy atom. The fraction of sp³-hybridized carbons (Fsp3) is 0.158. The molecule has 28 heavy (non-hydrogen) atoms. The van der Waals surface area contributed by atoms with E-state index >= 15 is 0 Å². The molecule has 3 aromatic rings. The number of allylic oxidation sites excluding steroid dienone is 1. The molecule has 0 unspecified atom stereocenters. The summed E-state index contributed by atoms with van der Waals surface area (Å²) >= 11 is 0. The van der Waals surface area contributed by atoms with Gasteiger partial charge in [-0.25, -0.2) is 14.8 Å². The molecule has 2 aromatic heterocycles. The third-order valence-corrected chi connectivity index (χ3v) is 4.27. The number of H-pyrrole nitrogens is 2. The highest BCUT2D eigenvalue weighted by molar-refractivity contribution is 6.13. The van der Waals surface area contributed by atoms with Crippen LogP contribution in [-0.4, -0.2) is 42.4 Å². The van der Waals surface area contributed by atoms with Gasteiger partial charge in [0.1, 0.15) is 17.3 Å². The van der Waals surface area contributed by atoms with Crippen molar-refractivity contribution >= 4 is 23.7 Å². The van der Waals surface area contributed by atoms with Crippen LogP contribution >= 0.6 is 0 Å². The number of phenols is 1. The minimum atomic E-state index is -0.553. The molecular weight excluding hydrogens is 360 g/mol. The van der Waals surface area contributed by atoms with Crippen molar-refractivity contribution in [1.82, 2.24) is 19.9 Å². The molecule has 0 spiro atoms. The molecule has 0 saturated heterocycles. The first-order chi connectivity index (χ1) is 13.5. The van der Waals surface area contributed by atoms with Crippen molar-refractivity contribution in [3.05, 3.63) is 52.3 Å². The first-order valence-corrected chi connectivity index (χ1v) is 8.70. The maximum absolute atomic E-state index is 11.3. The van der Waals surface area contributed by atoms with Crippen molar-refractivity contribution in [2.75, 3.05) is 5.32 Å². The number of aromatic hydroxyl groups is 2. The van der Waals surface area contributed by atoms with E-state index in [0.29, 0.717) is 23.1 Å². The maximum atomic E-state index is 11.3. The van der Waals surface area contributed by atoms with Crippen molar-refractivity contribution in [2.45, 2.75) is 18.9 Å². The van der Waals surface area contributed by atoms with Gasteiger partial charge in [0.05, 0.1) is 5.69 Å². The Labute approximate surface area is 159 Å². The lowest BCUT2D eigenvalue weighted by Gasteiger charge is -2.10. The molecule has 9 heteroatoms. The van der Waals surface area contributed by atoms with E-state index in [4.69, 9.17) is 5.41 Å².